The van der Waals surface area contributed by atoms with Gasteiger partial charge in [0.2, 0.25) is 0 Å². The third-order valence-corrected chi connectivity index (χ3v) is 5.33. The average Bonchev–Trinajstić information content (AvgIpc) is 3.18. The third kappa shape index (κ3) is 5.02. The van der Waals surface area contributed by atoms with Crippen LogP contribution in [-0.4, -0.2) is 29.4 Å². The molecular weight excluding hydrogens is 483 g/mol. The number of carbonyl (C=O) groups is 1. The zero-order valence-corrected chi connectivity index (χ0v) is 17.2. The van der Waals surface area contributed by atoms with E-state index in [-0.39, 0.29) is 17.3 Å². The highest BCUT2D eigenvalue weighted by Gasteiger charge is 2.59. The second kappa shape index (κ2) is 8.58. The quantitative estimate of drug-likeness (QED) is 0.391. The van der Waals surface area contributed by atoms with Gasteiger partial charge in [0.15, 0.2) is 0 Å². The zero-order chi connectivity index (χ0) is 25.5. The summed E-state index contributed by atoms with van der Waals surface area (Å²) in [5.74, 6) is -0.831. The Hall–Kier alpha value is -3.12. The Balaban J connectivity index is 2.02. The molecule has 2 heterocycles. The molecule has 34 heavy (non-hydrogen) atoms. The van der Waals surface area contributed by atoms with Crippen molar-refractivity contribution in [2.45, 2.75) is 43.9 Å². The summed E-state index contributed by atoms with van der Waals surface area (Å²) in [6.45, 7) is -0.723. The highest BCUT2D eigenvalue weighted by Crippen LogP contribution is 2.48. The van der Waals surface area contributed by atoms with E-state index >= 15 is 0 Å². The standard InChI is InChI=1S/C21H15F9N2O2/c1-11(33)34-9-13-3-2-12(6-15(13)19(22,23)24)16-8-18(10-32-16,21(28,29)30)14-4-5-31-17(7-14)20(25,26)27/h2-7H,8-10H2,1H3. The van der Waals surface area contributed by atoms with Crippen LogP contribution in [0.2, 0.25) is 0 Å². The van der Waals surface area contributed by atoms with Gasteiger partial charge in [0.1, 0.15) is 17.7 Å². The van der Waals surface area contributed by atoms with E-state index in [2.05, 4.69) is 14.7 Å². The lowest BCUT2D eigenvalue weighted by Gasteiger charge is -2.31. The predicted octanol–water partition coefficient (Wildman–Crippen LogP) is 5.88. The first-order valence-electron chi connectivity index (χ1n) is 9.52. The van der Waals surface area contributed by atoms with E-state index < -0.39 is 71.9 Å². The summed E-state index contributed by atoms with van der Waals surface area (Å²) < 4.78 is 127. The number of pyridine rings is 1. The van der Waals surface area contributed by atoms with Gasteiger partial charge in [-0.05, 0) is 29.3 Å². The summed E-state index contributed by atoms with van der Waals surface area (Å²) in [4.78, 5) is 17.8. The van der Waals surface area contributed by atoms with Crippen LogP contribution >= 0.6 is 0 Å². The maximum absolute atomic E-state index is 14.1. The van der Waals surface area contributed by atoms with Gasteiger partial charge in [-0.2, -0.15) is 39.5 Å². The molecule has 0 amide bonds. The maximum atomic E-state index is 14.1. The molecule has 0 radical (unpaired) electrons. The fourth-order valence-corrected chi connectivity index (χ4v) is 3.58. The molecule has 1 atom stereocenters. The molecule has 1 aliphatic rings. The molecule has 2 aromatic rings. The molecule has 3 rings (SSSR count). The lowest BCUT2D eigenvalue weighted by atomic mass is 9.76. The largest absolute Gasteiger partial charge is 0.461 e. The van der Waals surface area contributed by atoms with Gasteiger partial charge in [0.25, 0.3) is 0 Å². The van der Waals surface area contributed by atoms with E-state index in [9.17, 15) is 44.3 Å². The molecule has 4 nitrogen and oxygen atoms in total. The number of nitrogens with zero attached hydrogens (tertiary/aromatic N) is 2. The first-order valence-corrected chi connectivity index (χ1v) is 9.52. The fraction of sp³-hybridized carbons (Fsp3) is 0.381. The second-order valence-corrected chi connectivity index (χ2v) is 7.60. The first kappa shape index (κ1) is 25.5. The minimum atomic E-state index is -5.06. The molecule has 1 aromatic carbocycles. The number of aromatic nitrogens is 1. The predicted molar refractivity (Wildman–Crippen MR) is 99.9 cm³/mol. The number of esters is 1. The van der Waals surface area contributed by atoms with Crippen LogP contribution in [0.4, 0.5) is 39.5 Å². The summed E-state index contributed by atoms with van der Waals surface area (Å²) >= 11 is 0. The molecule has 0 N–H and O–H groups in total. The highest BCUT2D eigenvalue weighted by molar-refractivity contribution is 6.03. The van der Waals surface area contributed by atoms with Crippen molar-refractivity contribution in [1.29, 1.82) is 0 Å². The van der Waals surface area contributed by atoms with Crippen molar-refractivity contribution in [2.24, 2.45) is 4.99 Å². The maximum Gasteiger partial charge on any atom is 0.433 e. The molecule has 13 heteroatoms. The van der Waals surface area contributed by atoms with E-state index in [1.54, 1.807) is 0 Å². The van der Waals surface area contributed by atoms with Gasteiger partial charge < -0.3 is 4.74 Å². The summed E-state index contributed by atoms with van der Waals surface area (Å²) in [5.41, 5.74) is -7.44. The number of carbonyl (C=O) groups excluding carboxylic acids is 1. The van der Waals surface area contributed by atoms with Crippen molar-refractivity contribution in [3.8, 4) is 0 Å². The van der Waals surface area contributed by atoms with Crippen molar-refractivity contribution in [3.63, 3.8) is 0 Å². The Bertz CT molecular complexity index is 1120. The minimum absolute atomic E-state index is 0.273. The fourth-order valence-electron chi connectivity index (χ4n) is 3.58. The van der Waals surface area contributed by atoms with Gasteiger partial charge in [-0.3, -0.25) is 14.8 Å². The summed E-state index contributed by atoms with van der Waals surface area (Å²) in [7, 11) is 0. The Morgan fingerprint density at radius 3 is 2.24 bits per heavy atom. The molecule has 0 saturated carbocycles. The zero-order valence-electron chi connectivity index (χ0n) is 17.2. The van der Waals surface area contributed by atoms with Crippen LogP contribution in [0.1, 0.15) is 41.3 Å². The minimum Gasteiger partial charge on any atom is -0.461 e. The third-order valence-electron chi connectivity index (χ3n) is 5.33. The van der Waals surface area contributed by atoms with Crippen molar-refractivity contribution in [2.75, 3.05) is 6.54 Å². The van der Waals surface area contributed by atoms with Crippen molar-refractivity contribution in [3.05, 3.63) is 64.5 Å². The van der Waals surface area contributed by atoms with Crippen LogP contribution in [0.15, 0.2) is 41.5 Å². The van der Waals surface area contributed by atoms with Gasteiger partial charge in [-0.15, -0.1) is 0 Å². The van der Waals surface area contributed by atoms with Crippen LogP contribution in [0.3, 0.4) is 0 Å². The van der Waals surface area contributed by atoms with Crippen molar-refractivity contribution >= 4 is 11.7 Å². The number of benzene rings is 1. The molecule has 0 spiro atoms. The van der Waals surface area contributed by atoms with E-state index in [0.717, 1.165) is 25.1 Å². The van der Waals surface area contributed by atoms with Crippen LogP contribution in [0.5, 0.6) is 0 Å². The lowest BCUT2D eigenvalue weighted by molar-refractivity contribution is -0.184. The van der Waals surface area contributed by atoms with Gasteiger partial charge in [0.05, 0.1) is 12.1 Å². The van der Waals surface area contributed by atoms with E-state index in [1.807, 2.05) is 0 Å². The summed E-state index contributed by atoms with van der Waals surface area (Å²) in [6.07, 6.45) is -15.4. The van der Waals surface area contributed by atoms with Gasteiger partial charge in [-0.1, -0.05) is 12.1 Å². The van der Waals surface area contributed by atoms with E-state index in [1.165, 1.54) is 0 Å². The molecule has 0 fully saturated rings. The van der Waals surface area contributed by atoms with E-state index in [4.69, 9.17) is 0 Å². The molecule has 0 aliphatic carbocycles. The SMILES string of the molecule is CC(=O)OCc1ccc(C2=NCC(c3ccnc(C(F)(F)F)c3)(C(F)(F)F)C2)cc1C(F)(F)F. The Kier molecular flexibility index (Phi) is 6.44. The second-order valence-electron chi connectivity index (χ2n) is 7.60. The monoisotopic (exact) mass is 498 g/mol. The molecule has 184 valence electrons. The van der Waals surface area contributed by atoms with Crippen LogP contribution in [0.25, 0.3) is 0 Å². The average molecular weight is 498 g/mol. The molecule has 1 aromatic heterocycles. The van der Waals surface area contributed by atoms with Crippen LogP contribution in [-0.2, 0) is 33.9 Å². The normalized spacial score (nSPS) is 19.2. The van der Waals surface area contributed by atoms with Gasteiger partial charge >= 0.3 is 24.5 Å². The van der Waals surface area contributed by atoms with Crippen LogP contribution < -0.4 is 0 Å². The smallest absolute Gasteiger partial charge is 0.433 e. The Morgan fingerprint density at radius 1 is 1.00 bits per heavy atom. The lowest BCUT2D eigenvalue weighted by Crippen LogP contribution is -2.44. The number of rotatable bonds is 4. The Labute approximate surface area is 186 Å². The number of aliphatic imine (C=N–C) groups is 1. The molecule has 1 unspecified atom stereocenters. The highest BCUT2D eigenvalue weighted by atomic mass is 19.4. The number of hydrogen-bond acceptors (Lipinski definition) is 4. The first-order chi connectivity index (χ1) is 15.5. The van der Waals surface area contributed by atoms with Gasteiger partial charge in [-0.25, -0.2) is 0 Å². The number of hydrogen-bond donors (Lipinski definition) is 0. The number of halogens is 9. The number of alkyl halides is 9. The number of ether oxygens (including phenoxy) is 1. The Morgan fingerprint density at radius 2 is 1.68 bits per heavy atom. The molecular formula is C21H15F9N2O2. The molecule has 0 bridgehead atoms. The van der Waals surface area contributed by atoms with Crippen molar-refractivity contribution in [1.82, 2.24) is 4.98 Å². The molecule has 0 saturated heterocycles. The summed E-state index contributed by atoms with van der Waals surface area (Å²) in [6, 6.07) is 3.68. The summed E-state index contributed by atoms with van der Waals surface area (Å²) in [5, 5.41) is 0. The van der Waals surface area contributed by atoms with Crippen LogP contribution in [0, 0.1) is 0 Å². The molecule has 1 aliphatic heterocycles. The van der Waals surface area contributed by atoms with Gasteiger partial charge in [0, 0.05) is 30.8 Å². The van der Waals surface area contributed by atoms with E-state index in [0.29, 0.717) is 12.3 Å². The van der Waals surface area contributed by atoms with Crippen molar-refractivity contribution < 1.29 is 49.0 Å². The topological polar surface area (TPSA) is 51.5 Å².